The highest BCUT2D eigenvalue weighted by Gasteiger charge is 2.16. The third kappa shape index (κ3) is 2.72. The van der Waals surface area contributed by atoms with Crippen molar-refractivity contribution in [3.05, 3.63) is 32.9 Å². The van der Waals surface area contributed by atoms with Gasteiger partial charge in [-0.3, -0.25) is 0 Å². The lowest BCUT2D eigenvalue weighted by atomic mass is 10.1. The highest BCUT2D eigenvalue weighted by atomic mass is 79.9. The maximum atomic E-state index is 6.05. The van der Waals surface area contributed by atoms with E-state index in [1.807, 2.05) is 18.4 Å². The molecule has 2 N–H and O–H groups in total. The minimum absolute atomic E-state index is 0.108. The van der Waals surface area contributed by atoms with Gasteiger partial charge in [-0.15, -0.1) is 0 Å². The number of halogens is 2. The zero-order valence-corrected chi connectivity index (χ0v) is 15.1. The number of nitrogens with two attached hydrogens (primary N) is 1. The predicted molar refractivity (Wildman–Crippen MR) is 91.8 cm³/mol. The molecule has 0 unspecified atom stereocenters. The molecule has 0 aliphatic heterocycles. The normalized spacial score (nSPS) is 11.2. The van der Waals surface area contributed by atoms with Gasteiger partial charge in [0.05, 0.1) is 25.7 Å². The van der Waals surface area contributed by atoms with Gasteiger partial charge in [-0.2, -0.15) is 9.97 Å². The minimum atomic E-state index is 0.108. The van der Waals surface area contributed by atoms with Crippen LogP contribution in [0.2, 0.25) is 5.15 Å². The molecule has 0 saturated carbocycles. The Labute approximate surface area is 146 Å². The lowest BCUT2D eigenvalue weighted by Gasteiger charge is -2.14. The molecular formula is C14H14BrClN6O. The van der Waals surface area contributed by atoms with Gasteiger partial charge < -0.3 is 15.0 Å². The molecule has 0 aliphatic carbocycles. The summed E-state index contributed by atoms with van der Waals surface area (Å²) in [6.07, 6.45) is 1.64. The van der Waals surface area contributed by atoms with Crippen LogP contribution >= 0.6 is 27.5 Å². The zero-order valence-electron chi connectivity index (χ0n) is 12.8. The lowest BCUT2D eigenvalue weighted by Crippen LogP contribution is -2.07. The van der Waals surface area contributed by atoms with Crippen molar-refractivity contribution in [1.29, 1.82) is 0 Å². The quantitative estimate of drug-likeness (QED) is 0.540. The molecule has 0 spiro atoms. The van der Waals surface area contributed by atoms with Gasteiger partial charge in [0.2, 0.25) is 5.95 Å². The maximum Gasteiger partial charge on any atom is 0.223 e. The van der Waals surface area contributed by atoms with Crippen molar-refractivity contribution < 1.29 is 4.74 Å². The Bertz CT molecular complexity index is 910. The third-order valence-corrected chi connectivity index (χ3v) is 4.66. The number of hydrogen-bond donors (Lipinski definition) is 1. The van der Waals surface area contributed by atoms with Crippen LogP contribution in [0.3, 0.4) is 0 Å². The summed E-state index contributed by atoms with van der Waals surface area (Å²) >= 11 is 9.52. The van der Waals surface area contributed by atoms with Crippen molar-refractivity contribution >= 4 is 44.6 Å². The summed E-state index contributed by atoms with van der Waals surface area (Å²) in [6, 6.07) is 0. The molecule has 3 heterocycles. The van der Waals surface area contributed by atoms with Crippen molar-refractivity contribution in [3.63, 3.8) is 0 Å². The van der Waals surface area contributed by atoms with Crippen LogP contribution in [0.15, 0.2) is 10.9 Å². The molecular weight excluding hydrogens is 384 g/mol. The van der Waals surface area contributed by atoms with E-state index in [-0.39, 0.29) is 11.1 Å². The highest BCUT2D eigenvalue weighted by molar-refractivity contribution is 9.10. The van der Waals surface area contributed by atoms with Crippen LogP contribution in [0.5, 0.6) is 5.75 Å². The van der Waals surface area contributed by atoms with Gasteiger partial charge in [0, 0.05) is 11.1 Å². The number of nitrogen functional groups attached to an aromatic ring is 1. The summed E-state index contributed by atoms with van der Waals surface area (Å²) in [4.78, 5) is 17.0. The molecule has 23 heavy (non-hydrogen) atoms. The van der Waals surface area contributed by atoms with Gasteiger partial charge in [-0.05, 0) is 29.8 Å². The largest absolute Gasteiger partial charge is 0.496 e. The van der Waals surface area contributed by atoms with Crippen molar-refractivity contribution in [2.45, 2.75) is 20.4 Å². The molecule has 0 aromatic carbocycles. The topological polar surface area (TPSA) is 91.7 Å². The number of hydrogen-bond acceptors (Lipinski definition) is 6. The van der Waals surface area contributed by atoms with E-state index in [1.165, 1.54) is 0 Å². The molecule has 3 aromatic heterocycles. The summed E-state index contributed by atoms with van der Waals surface area (Å²) < 4.78 is 8.05. The molecule has 3 rings (SSSR count). The number of rotatable bonds is 3. The van der Waals surface area contributed by atoms with Crippen molar-refractivity contribution in [1.82, 2.24) is 24.5 Å². The number of anilines is 1. The SMILES string of the molecule is COc1c(C)c(Br)nc(Cn2cnc3c(Cl)nc(N)nc32)c1C. The molecule has 120 valence electrons. The fourth-order valence-corrected chi connectivity index (χ4v) is 3.07. The van der Waals surface area contributed by atoms with E-state index in [0.29, 0.717) is 17.7 Å². The van der Waals surface area contributed by atoms with Gasteiger partial charge in [0.15, 0.2) is 10.8 Å². The second kappa shape index (κ2) is 5.93. The average Bonchev–Trinajstić information content (AvgIpc) is 2.89. The average molecular weight is 398 g/mol. The Balaban J connectivity index is 2.12. The number of imidazole rings is 1. The smallest absolute Gasteiger partial charge is 0.223 e. The predicted octanol–water partition coefficient (Wildman–Crippen LogP) is 2.89. The zero-order chi connectivity index (χ0) is 16.7. The van der Waals surface area contributed by atoms with Crippen LogP contribution in [0.1, 0.15) is 16.8 Å². The van der Waals surface area contributed by atoms with Crippen LogP contribution < -0.4 is 10.5 Å². The van der Waals surface area contributed by atoms with Crippen LogP contribution in [-0.2, 0) is 6.54 Å². The highest BCUT2D eigenvalue weighted by Crippen LogP contribution is 2.31. The summed E-state index contributed by atoms with van der Waals surface area (Å²) in [5, 5.41) is 0.235. The fourth-order valence-electron chi connectivity index (χ4n) is 2.45. The monoisotopic (exact) mass is 396 g/mol. The van der Waals surface area contributed by atoms with Crippen LogP contribution in [0, 0.1) is 13.8 Å². The first kappa shape index (κ1) is 15.9. The molecule has 0 radical (unpaired) electrons. The molecule has 7 nitrogen and oxygen atoms in total. The van der Waals surface area contributed by atoms with Crippen molar-refractivity contribution in [3.8, 4) is 5.75 Å². The Hall–Kier alpha value is -1.93. The van der Waals surface area contributed by atoms with E-state index in [2.05, 4.69) is 35.9 Å². The first-order valence-corrected chi connectivity index (χ1v) is 7.93. The summed E-state index contributed by atoms with van der Waals surface area (Å²) in [5.74, 6) is 0.912. The first-order chi connectivity index (χ1) is 10.9. The lowest BCUT2D eigenvalue weighted by molar-refractivity contribution is 0.406. The number of methoxy groups -OCH3 is 1. The Morgan fingerprint density at radius 3 is 2.70 bits per heavy atom. The van der Waals surface area contributed by atoms with Crippen molar-refractivity contribution in [2.24, 2.45) is 0 Å². The molecule has 0 aliphatic rings. The van der Waals surface area contributed by atoms with Gasteiger partial charge in [-0.25, -0.2) is 9.97 Å². The van der Waals surface area contributed by atoms with Gasteiger partial charge in [0.1, 0.15) is 15.9 Å². The summed E-state index contributed by atoms with van der Waals surface area (Å²) in [5.41, 5.74) is 9.51. The number of ether oxygens (including phenoxy) is 1. The van der Waals surface area contributed by atoms with E-state index < -0.39 is 0 Å². The second-order valence-electron chi connectivity index (χ2n) is 5.05. The Morgan fingerprint density at radius 2 is 2.00 bits per heavy atom. The van der Waals surface area contributed by atoms with Crippen LogP contribution in [0.4, 0.5) is 5.95 Å². The van der Waals surface area contributed by atoms with E-state index in [0.717, 1.165) is 27.2 Å². The maximum absolute atomic E-state index is 6.05. The molecule has 0 atom stereocenters. The molecule has 0 fully saturated rings. The Kier molecular flexibility index (Phi) is 4.11. The summed E-state index contributed by atoms with van der Waals surface area (Å²) in [6.45, 7) is 4.38. The van der Waals surface area contributed by atoms with E-state index in [4.69, 9.17) is 22.1 Å². The van der Waals surface area contributed by atoms with Crippen LogP contribution in [-0.4, -0.2) is 31.6 Å². The van der Waals surface area contributed by atoms with Gasteiger partial charge in [0.25, 0.3) is 0 Å². The minimum Gasteiger partial charge on any atom is -0.496 e. The molecule has 9 heteroatoms. The van der Waals surface area contributed by atoms with Gasteiger partial charge in [-0.1, -0.05) is 11.6 Å². The van der Waals surface area contributed by atoms with Crippen LogP contribution in [0.25, 0.3) is 11.2 Å². The molecule has 0 saturated heterocycles. The molecule has 3 aromatic rings. The first-order valence-electron chi connectivity index (χ1n) is 6.75. The molecule has 0 bridgehead atoms. The summed E-state index contributed by atoms with van der Waals surface area (Å²) in [7, 11) is 1.64. The van der Waals surface area contributed by atoms with Gasteiger partial charge >= 0.3 is 0 Å². The van der Waals surface area contributed by atoms with E-state index in [9.17, 15) is 0 Å². The van der Waals surface area contributed by atoms with E-state index >= 15 is 0 Å². The van der Waals surface area contributed by atoms with Crippen molar-refractivity contribution in [2.75, 3.05) is 12.8 Å². The Morgan fingerprint density at radius 1 is 1.26 bits per heavy atom. The second-order valence-corrected chi connectivity index (χ2v) is 6.16. The number of aromatic nitrogens is 5. The number of nitrogens with zero attached hydrogens (tertiary/aromatic N) is 5. The van der Waals surface area contributed by atoms with E-state index in [1.54, 1.807) is 13.4 Å². The fraction of sp³-hybridized carbons (Fsp3) is 0.286. The third-order valence-electron chi connectivity index (χ3n) is 3.62. The number of pyridine rings is 1. The standard InChI is InChI=1S/C14H14BrClN6O/c1-6-8(19-11(15)7(2)10(6)23-3)4-22-5-18-9-12(16)20-14(17)21-13(9)22/h5H,4H2,1-3H3,(H2,17,20,21). The molecule has 0 amide bonds. The number of fused-ring (bicyclic) bond motifs is 1.